The average molecular weight is 228 g/mol. The van der Waals surface area contributed by atoms with Crippen molar-refractivity contribution >= 4 is 0 Å². The molecule has 0 saturated heterocycles. The predicted octanol–water partition coefficient (Wildman–Crippen LogP) is 4.52. The maximum absolute atomic E-state index is 2.54. The van der Waals surface area contributed by atoms with Gasteiger partial charge in [0.2, 0.25) is 0 Å². The Bertz CT molecular complexity index is 420. The minimum absolute atomic E-state index is 0.377. The van der Waals surface area contributed by atoms with Gasteiger partial charge in [0.05, 0.1) is 0 Å². The Balaban J connectivity index is 2.23. The molecule has 3 rings (SSSR count). The second-order valence-corrected chi connectivity index (χ2v) is 7.29. The summed E-state index contributed by atoms with van der Waals surface area (Å²) in [7, 11) is 0. The van der Waals surface area contributed by atoms with Gasteiger partial charge in [-0.15, -0.1) is 0 Å². The van der Waals surface area contributed by atoms with E-state index in [-0.39, 0.29) is 0 Å². The van der Waals surface area contributed by atoms with Crippen LogP contribution in [0.3, 0.4) is 0 Å². The van der Waals surface area contributed by atoms with Gasteiger partial charge in [-0.25, -0.2) is 0 Å². The lowest BCUT2D eigenvalue weighted by Gasteiger charge is -2.42. The van der Waals surface area contributed by atoms with Crippen molar-refractivity contribution in [1.29, 1.82) is 0 Å². The van der Waals surface area contributed by atoms with Crippen molar-refractivity contribution in [3.05, 3.63) is 34.4 Å². The summed E-state index contributed by atoms with van der Waals surface area (Å²) in [6.45, 7) is 9.68. The van der Waals surface area contributed by atoms with Crippen molar-refractivity contribution in [2.75, 3.05) is 0 Å². The first-order valence-corrected chi connectivity index (χ1v) is 7.07. The molecule has 0 spiro atoms. The predicted molar refractivity (Wildman–Crippen MR) is 73.8 cm³/mol. The highest BCUT2D eigenvalue weighted by Gasteiger charge is 2.37. The largest absolute Gasteiger partial charge is 0.0558 e. The third kappa shape index (κ3) is 1.64. The molecule has 17 heavy (non-hydrogen) atoms. The van der Waals surface area contributed by atoms with Crippen LogP contribution in [0.5, 0.6) is 0 Å². The molecule has 0 N–H and O–H groups in total. The third-order valence-corrected chi connectivity index (χ3v) is 5.07. The molecule has 0 saturated carbocycles. The van der Waals surface area contributed by atoms with Gasteiger partial charge in [0.25, 0.3) is 0 Å². The number of benzene rings is 1. The highest BCUT2D eigenvalue weighted by Crippen LogP contribution is 2.47. The molecule has 0 radical (unpaired) electrons. The fraction of sp³-hybridized carbons (Fsp3) is 0.647. The fourth-order valence-electron chi connectivity index (χ4n) is 3.64. The number of fused-ring (bicyclic) bond motifs is 2. The van der Waals surface area contributed by atoms with Gasteiger partial charge < -0.3 is 0 Å². The van der Waals surface area contributed by atoms with Gasteiger partial charge in [0.15, 0.2) is 0 Å². The lowest BCUT2D eigenvalue weighted by atomic mass is 9.62. The number of aryl methyl sites for hydroxylation is 2. The molecule has 1 aromatic rings. The molecule has 0 bridgehead atoms. The molecule has 0 heterocycles. The first-order valence-electron chi connectivity index (χ1n) is 7.07. The topological polar surface area (TPSA) is 0 Å². The van der Waals surface area contributed by atoms with Crippen molar-refractivity contribution in [2.24, 2.45) is 0 Å². The molecular formula is C17H24. The van der Waals surface area contributed by atoms with Crippen LogP contribution in [-0.2, 0) is 23.7 Å². The molecule has 1 aromatic carbocycles. The quantitative estimate of drug-likeness (QED) is 0.612. The van der Waals surface area contributed by atoms with E-state index in [1.54, 1.807) is 22.3 Å². The highest BCUT2D eigenvalue weighted by molar-refractivity contribution is 5.48. The Morgan fingerprint density at radius 2 is 1.18 bits per heavy atom. The van der Waals surface area contributed by atoms with Crippen molar-refractivity contribution in [3.63, 3.8) is 0 Å². The number of hydrogen-bond acceptors (Lipinski definition) is 0. The highest BCUT2D eigenvalue weighted by atomic mass is 14.4. The summed E-state index contributed by atoms with van der Waals surface area (Å²) < 4.78 is 0. The van der Waals surface area contributed by atoms with E-state index in [1.165, 1.54) is 32.1 Å². The third-order valence-electron chi connectivity index (χ3n) is 5.07. The van der Waals surface area contributed by atoms with E-state index in [2.05, 4.69) is 39.8 Å². The molecule has 0 heteroatoms. The molecule has 0 atom stereocenters. The molecule has 2 aliphatic carbocycles. The van der Waals surface area contributed by atoms with Crippen LogP contribution in [0.25, 0.3) is 0 Å². The van der Waals surface area contributed by atoms with Crippen LogP contribution in [0.1, 0.15) is 69.2 Å². The molecule has 0 nitrogen and oxygen atoms in total. The van der Waals surface area contributed by atoms with Crippen molar-refractivity contribution in [2.45, 2.75) is 70.6 Å². The lowest BCUT2D eigenvalue weighted by molar-refractivity contribution is 0.331. The summed E-state index contributed by atoms with van der Waals surface area (Å²) in [6.07, 6.45) is 6.62. The molecule has 0 unspecified atom stereocenters. The summed E-state index contributed by atoms with van der Waals surface area (Å²) in [5.74, 6) is 0. The Hall–Kier alpha value is -0.780. The first-order chi connectivity index (χ1) is 7.90. The van der Waals surface area contributed by atoms with Gasteiger partial charge in [0.1, 0.15) is 0 Å². The monoisotopic (exact) mass is 228 g/mol. The molecule has 0 aromatic heterocycles. The Labute approximate surface area is 105 Å². The lowest BCUT2D eigenvalue weighted by Crippen LogP contribution is -2.34. The molecular weight excluding hydrogens is 204 g/mol. The summed E-state index contributed by atoms with van der Waals surface area (Å²) in [5.41, 5.74) is 7.29. The number of rotatable bonds is 0. The average Bonchev–Trinajstić information content (AvgIpc) is 2.70. The van der Waals surface area contributed by atoms with Crippen LogP contribution >= 0.6 is 0 Å². The van der Waals surface area contributed by atoms with Crippen molar-refractivity contribution in [3.8, 4) is 0 Å². The second-order valence-electron chi connectivity index (χ2n) is 7.29. The van der Waals surface area contributed by atoms with Crippen LogP contribution in [0, 0.1) is 0 Å². The summed E-state index contributed by atoms with van der Waals surface area (Å²) in [5, 5.41) is 0. The van der Waals surface area contributed by atoms with Crippen LogP contribution in [0.4, 0.5) is 0 Å². The van der Waals surface area contributed by atoms with Gasteiger partial charge in [-0.2, -0.15) is 0 Å². The molecule has 0 fully saturated rings. The van der Waals surface area contributed by atoms with E-state index in [9.17, 15) is 0 Å². The standard InChI is InChI=1S/C17H24/c1-16(2)8-9-17(3,4)15-11-13-7-5-6-12(13)10-14(15)16/h10-11H,5-9H2,1-4H3. The minimum atomic E-state index is 0.377. The van der Waals surface area contributed by atoms with E-state index in [1.807, 2.05) is 0 Å². The van der Waals surface area contributed by atoms with E-state index in [4.69, 9.17) is 0 Å². The maximum Gasteiger partial charge on any atom is -0.0100 e. The van der Waals surface area contributed by atoms with Crippen LogP contribution in [-0.4, -0.2) is 0 Å². The number of hydrogen-bond donors (Lipinski definition) is 0. The first kappa shape index (κ1) is 11.3. The van der Waals surface area contributed by atoms with Crippen LogP contribution in [0.15, 0.2) is 12.1 Å². The van der Waals surface area contributed by atoms with Crippen LogP contribution < -0.4 is 0 Å². The molecule has 2 aliphatic rings. The van der Waals surface area contributed by atoms with Gasteiger partial charge >= 0.3 is 0 Å². The minimum Gasteiger partial charge on any atom is -0.0558 e. The van der Waals surface area contributed by atoms with Gasteiger partial charge in [-0.1, -0.05) is 39.8 Å². The van der Waals surface area contributed by atoms with Gasteiger partial charge in [-0.3, -0.25) is 0 Å². The SMILES string of the molecule is CC1(C)CCC(C)(C)c2cc3c(cc21)CCC3. The Morgan fingerprint density at radius 1 is 0.765 bits per heavy atom. The van der Waals surface area contributed by atoms with Crippen LogP contribution in [0.2, 0.25) is 0 Å². The molecule has 92 valence electrons. The maximum atomic E-state index is 2.54. The van der Waals surface area contributed by atoms with E-state index < -0.39 is 0 Å². The zero-order chi connectivity index (χ0) is 12.3. The molecule has 0 aliphatic heterocycles. The normalized spacial score (nSPS) is 24.2. The zero-order valence-electron chi connectivity index (χ0n) is 11.7. The fourth-order valence-corrected chi connectivity index (χ4v) is 3.64. The van der Waals surface area contributed by atoms with E-state index >= 15 is 0 Å². The van der Waals surface area contributed by atoms with E-state index in [0.717, 1.165) is 0 Å². The summed E-state index contributed by atoms with van der Waals surface area (Å²) in [4.78, 5) is 0. The molecule has 0 amide bonds. The van der Waals surface area contributed by atoms with Gasteiger partial charge in [-0.05, 0) is 65.2 Å². The Morgan fingerprint density at radius 3 is 1.59 bits per heavy atom. The zero-order valence-corrected chi connectivity index (χ0v) is 11.7. The smallest absolute Gasteiger partial charge is 0.0100 e. The summed E-state index contributed by atoms with van der Waals surface area (Å²) in [6, 6.07) is 5.08. The van der Waals surface area contributed by atoms with E-state index in [0.29, 0.717) is 10.8 Å². The van der Waals surface area contributed by atoms with Crippen molar-refractivity contribution in [1.82, 2.24) is 0 Å². The van der Waals surface area contributed by atoms with Gasteiger partial charge in [0, 0.05) is 0 Å². The van der Waals surface area contributed by atoms with Crippen molar-refractivity contribution < 1.29 is 0 Å². The Kier molecular flexibility index (Phi) is 2.24. The summed E-state index contributed by atoms with van der Waals surface area (Å²) >= 11 is 0. The second kappa shape index (κ2) is 3.37.